The number of carboxylic acids is 1. The first-order valence-electron chi connectivity index (χ1n) is 6.85. The number of rotatable bonds is 4. The van der Waals surface area contributed by atoms with Crippen LogP contribution < -0.4 is 5.32 Å². The number of anilines is 1. The Kier molecular flexibility index (Phi) is 4.26. The molecule has 0 fully saturated rings. The SMILES string of the molecule is O=C(O)c1nccnc1C(=O)Nc1cc(Cl)ccc1-n1cccc1. The molecule has 1 aromatic carbocycles. The summed E-state index contributed by atoms with van der Waals surface area (Å²) < 4.78 is 1.79. The molecule has 3 rings (SSSR count). The minimum atomic E-state index is -1.33. The molecule has 0 saturated carbocycles. The Bertz CT molecular complexity index is 909. The summed E-state index contributed by atoms with van der Waals surface area (Å²) in [5.41, 5.74) is 0.409. The average molecular weight is 343 g/mol. The van der Waals surface area contributed by atoms with E-state index in [9.17, 15) is 9.59 Å². The van der Waals surface area contributed by atoms with Crippen molar-refractivity contribution in [3.05, 3.63) is 71.5 Å². The molecule has 1 amide bonds. The zero-order valence-electron chi connectivity index (χ0n) is 12.2. The molecule has 0 aliphatic rings. The maximum atomic E-state index is 12.4. The fourth-order valence-corrected chi connectivity index (χ4v) is 2.34. The van der Waals surface area contributed by atoms with Crippen LogP contribution in [0.5, 0.6) is 0 Å². The van der Waals surface area contributed by atoms with E-state index in [0.717, 1.165) is 0 Å². The second-order valence-corrected chi connectivity index (χ2v) is 5.20. The Morgan fingerprint density at radius 2 is 1.75 bits per heavy atom. The molecular weight excluding hydrogens is 332 g/mol. The molecule has 0 aliphatic carbocycles. The van der Waals surface area contributed by atoms with Crippen molar-refractivity contribution in [3.8, 4) is 5.69 Å². The second kappa shape index (κ2) is 6.51. The van der Waals surface area contributed by atoms with Gasteiger partial charge in [-0.3, -0.25) is 4.79 Å². The first-order chi connectivity index (χ1) is 11.6. The lowest BCUT2D eigenvalue weighted by Gasteiger charge is -2.13. The molecule has 120 valence electrons. The van der Waals surface area contributed by atoms with Crippen molar-refractivity contribution in [1.82, 2.24) is 14.5 Å². The van der Waals surface area contributed by atoms with E-state index in [1.807, 2.05) is 24.5 Å². The highest BCUT2D eigenvalue weighted by Crippen LogP contribution is 2.25. The highest BCUT2D eigenvalue weighted by molar-refractivity contribution is 6.31. The van der Waals surface area contributed by atoms with Gasteiger partial charge in [-0.2, -0.15) is 0 Å². The average Bonchev–Trinajstić information content (AvgIpc) is 3.09. The van der Waals surface area contributed by atoms with Gasteiger partial charge >= 0.3 is 5.97 Å². The first kappa shape index (κ1) is 15.7. The number of hydrogen-bond acceptors (Lipinski definition) is 4. The van der Waals surface area contributed by atoms with Gasteiger partial charge in [-0.15, -0.1) is 0 Å². The zero-order chi connectivity index (χ0) is 17.1. The van der Waals surface area contributed by atoms with Gasteiger partial charge in [0, 0.05) is 29.8 Å². The summed E-state index contributed by atoms with van der Waals surface area (Å²) in [5, 5.41) is 12.2. The van der Waals surface area contributed by atoms with Crippen LogP contribution in [-0.2, 0) is 0 Å². The quantitative estimate of drug-likeness (QED) is 0.759. The summed E-state index contributed by atoms with van der Waals surface area (Å²) in [6, 6.07) is 8.69. The predicted molar refractivity (Wildman–Crippen MR) is 87.7 cm³/mol. The normalized spacial score (nSPS) is 10.4. The lowest BCUT2D eigenvalue weighted by molar-refractivity contribution is 0.0685. The van der Waals surface area contributed by atoms with Crippen LogP contribution in [0.25, 0.3) is 5.69 Å². The molecule has 2 aromatic heterocycles. The van der Waals surface area contributed by atoms with Gasteiger partial charge in [0.15, 0.2) is 11.4 Å². The van der Waals surface area contributed by atoms with E-state index in [-0.39, 0.29) is 5.69 Å². The zero-order valence-corrected chi connectivity index (χ0v) is 12.9. The monoisotopic (exact) mass is 342 g/mol. The van der Waals surface area contributed by atoms with Crippen LogP contribution in [0, 0.1) is 0 Å². The standard InChI is InChI=1S/C16H11ClN4O3/c17-10-3-4-12(21-7-1-2-8-21)11(9-10)20-15(22)13-14(16(23)24)19-6-5-18-13/h1-9H,(H,20,22)(H,23,24). The Morgan fingerprint density at radius 3 is 2.42 bits per heavy atom. The highest BCUT2D eigenvalue weighted by Gasteiger charge is 2.20. The van der Waals surface area contributed by atoms with E-state index in [2.05, 4.69) is 15.3 Å². The number of benzene rings is 1. The third kappa shape index (κ3) is 3.11. The van der Waals surface area contributed by atoms with Crippen molar-refractivity contribution in [1.29, 1.82) is 0 Å². The predicted octanol–water partition coefficient (Wildman–Crippen LogP) is 2.87. The van der Waals surface area contributed by atoms with Crippen molar-refractivity contribution >= 4 is 29.2 Å². The van der Waals surface area contributed by atoms with Gasteiger partial charge in [0.1, 0.15) is 0 Å². The molecule has 24 heavy (non-hydrogen) atoms. The number of nitrogens with zero attached hydrogens (tertiary/aromatic N) is 3. The van der Waals surface area contributed by atoms with Gasteiger partial charge in [-0.25, -0.2) is 14.8 Å². The van der Waals surface area contributed by atoms with Crippen LogP contribution in [0.4, 0.5) is 5.69 Å². The maximum Gasteiger partial charge on any atom is 0.356 e. The Balaban J connectivity index is 1.99. The summed E-state index contributed by atoms with van der Waals surface area (Å²) >= 11 is 6.01. The van der Waals surface area contributed by atoms with Crippen LogP contribution in [0.2, 0.25) is 5.02 Å². The van der Waals surface area contributed by atoms with E-state index in [4.69, 9.17) is 16.7 Å². The van der Waals surface area contributed by atoms with E-state index >= 15 is 0 Å². The van der Waals surface area contributed by atoms with Crippen molar-refractivity contribution in [2.75, 3.05) is 5.32 Å². The molecule has 0 bridgehead atoms. The van der Waals surface area contributed by atoms with E-state index in [1.54, 1.807) is 22.8 Å². The van der Waals surface area contributed by atoms with Gasteiger partial charge in [-0.1, -0.05) is 11.6 Å². The molecule has 0 spiro atoms. The Labute approximate surface area is 141 Å². The fourth-order valence-electron chi connectivity index (χ4n) is 2.17. The lowest BCUT2D eigenvalue weighted by Crippen LogP contribution is -2.20. The summed E-state index contributed by atoms with van der Waals surface area (Å²) in [5.74, 6) is -2.01. The smallest absolute Gasteiger partial charge is 0.356 e. The molecule has 0 atom stereocenters. The number of aromatic carboxylic acids is 1. The first-order valence-corrected chi connectivity index (χ1v) is 7.22. The van der Waals surface area contributed by atoms with Gasteiger partial charge in [0.05, 0.1) is 11.4 Å². The van der Waals surface area contributed by atoms with E-state index in [0.29, 0.717) is 16.4 Å². The number of carbonyl (C=O) groups is 2. The number of halogens is 1. The Morgan fingerprint density at radius 1 is 1.08 bits per heavy atom. The Hall–Kier alpha value is -3.19. The number of carboxylic acid groups (broad SMARTS) is 1. The molecule has 7 nitrogen and oxygen atoms in total. The van der Waals surface area contributed by atoms with Gasteiger partial charge < -0.3 is 15.0 Å². The van der Waals surface area contributed by atoms with Gasteiger partial charge in [0.25, 0.3) is 5.91 Å². The van der Waals surface area contributed by atoms with Crippen LogP contribution in [0.1, 0.15) is 21.0 Å². The summed E-state index contributed by atoms with van der Waals surface area (Å²) in [4.78, 5) is 31.1. The third-order valence-electron chi connectivity index (χ3n) is 3.21. The largest absolute Gasteiger partial charge is 0.476 e. The topological polar surface area (TPSA) is 97.1 Å². The molecule has 8 heteroatoms. The van der Waals surface area contributed by atoms with E-state index in [1.165, 1.54) is 12.4 Å². The van der Waals surface area contributed by atoms with Crippen LogP contribution in [-0.4, -0.2) is 31.5 Å². The van der Waals surface area contributed by atoms with Gasteiger partial charge in [0.2, 0.25) is 0 Å². The molecule has 0 unspecified atom stereocenters. The number of carbonyl (C=O) groups excluding carboxylic acids is 1. The lowest BCUT2D eigenvalue weighted by atomic mass is 10.2. The maximum absolute atomic E-state index is 12.4. The van der Waals surface area contributed by atoms with Crippen LogP contribution >= 0.6 is 11.6 Å². The minimum absolute atomic E-state index is 0.275. The summed E-state index contributed by atoms with van der Waals surface area (Å²) in [6.45, 7) is 0. The molecular formula is C16H11ClN4O3. The number of nitrogens with one attached hydrogen (secondary N) is 1. The summed E-state index contributed by atoms with van der Waals surface area (Å²) in [7, 11) is 0. The summed E-state index contributed by atoms with van der Waals surface area (Å²) in [6.07, 6.45) is 6.09. The van der Waals surface area contributed by atoms with Crippen molar-refractivity contribution in [3.63, 3.8) is 0 Å². The van der Waals surface area contributed by atoms with Gasteiger partial charge in [-0.05, 0) is 30.3 Å². The molecule has 2 N–H and O–H groups in total. The van der Waals surface area contributed by atoms with Crippen molar-refractivity contribution < 1.29 is 14.7 Å². The fraction of sp³-hybridized carbons (Fsp3) is 0. The molecule has 2 heterocycles. The van der Waals surface area contributed by atoms with Crippen LogP contribution in [0.3, 0.4) is 0 Å². The number of hydrogen-bond donors (Lipinski definition) is 2. The van der Waals surface area contributed by atoms with Crippen molar-refractivity contribution in [2.45, 2.75) is 0 Å². The molecule has 0 radical (unpaired) electrons. The van der Waals surface area contributed by atoms with Crippen LogP contribution in [0.15, 0.2) is 55.1 Å². The third-order valence-corrected chi connectivity index (χ3v) is 3.44. The second-order valence-electron chi connectivity index (χ2n) is 4.76. The molecule has 0 saturated heterocycles. The number of aromatic nitrogens is 3. The molecule has 0 aliphatic heterocycles. The number of amides is 1. The minimum Gasteiger partial charge on any atom is -0.476 e. The highest BCUT2D eigenvalue weighted by atomic mass is 35.5. The van der Waals surface area contributed by atoms with E-state index < -0.39 is 17.6 Å². The van der Waals surface area contributed by atoms with Crippen molar-refractivity contribution in [2.24, 2.45) is 0 Å². The molecule has 3 aromatic rings.